The van der Waals surface area contributed by atoms with Crippen molar-refractivity contribution in [3.63, 3.8) is 0 Å². The van der Waals surface area contributed by atoms with E-state index in [4.69, 9.17) is 10.5 Å². The number of likely N-dealkylation sites (N-methyl/N-ethyl adjacent to an activating group) is 1. The molecule has 17 heavy (non-hydrogen) atoms. The van der Waals surface area contributed by atoms with E-state index in [1.807, 2.05) is 34.9 Å². The Morgan fingerprint density at radius 1 is 1.29 bits per heavy atom. The SMILES string of the molecule is CN(C)CCOc1cc(N)nc(C(C)(C)C)n1. The third-order valence-corrected chi connectivity index (χ3v) is 2.18. The van der Waals surface area contributed by atoms with Gasteiger partial charge >= 0.3 is 0 Å². The summed E-state index contributed by atoms with van der Waals surface area (Å²) in [5.41, 5.74) is 5.62. The lowest BCUT2D eigenvalue weighted by Gasteiger charge is -2.18. The van der Waals surface area contributed by atoms with Crippen LogP contribution in [0.1, 0.15) is 26.6 Å². The van der Waals surface area contributed by atoms with Gasteiger partial charge in [0, 0.05) is 18.0 Å². The van der Waals surface area contributed by atoms with E-state index in [-0.39, 0.29) is 5.41 Å². The molecule has 0 aromatic carbocycles. The number of nitrogens with zero attached hydrogens (tertiary/aromatic N) is 3. The normalized spacial score (nSPS) is 11.9. The van der Waals surface area contributed by atoms with Crippen LogP contribution in [0, 0.1) is 0 Å². The standard InChI is InChI=1S/C12H22N4O/c1-12(2,3)11-14-9(13)8-10(15-11)17-7-6-16(4)5/h8H,6-7H2,1-5H3,(H2,13,14,15). The zero-order valence-electron chi connectivity index (χ0n) is 11.3. The second-order valence-corrected chi connectivity index (χ2v) is 5.36. The molecule has 1 heterocycles. The van der Waals surface area contributed by atoms with Crippen molar-refractivity contribution < 1.29 is 4.74 Å². The number of anilines is 1. The molecule has 0 radical (unpaired) electrons. The average Bonchev–Trinajstić information content (AvgIpc) is 2.14. The second-order valence-electron chi connectivity index (χ2n) is 5.36. The van der Waals surface area contributed by atoms with Crippen molar-refractivity contribution in [2.24, 2.45) is 0 Å². The molecule has 96 valence electrons. The summed E-state index contributed by atoms with van der Waals surface area (Å²) in [5.74, 6) is 1.70. The molecule has 2 N–H and O–H groups in total. The minimum Gasteiger partial charge on any atom is -0.476 e. The van der Waals surface area contributed by atoms with E-state index >= 15 is 0 Å². The van der Waals surface area contributed by atoms with Crippen molar-refractivity contribution >= 4 is 5.82 Å². The van der Waals surface area contributed by atoms with Gasteiger partial charge in [-0.05, 0) is 14.1 Å². The highest BCUT2D eigenvalue weighted by Crippen LogP contribution is 2.21. The van der Waals surface area contributed by atoms with E-state index in [2.05, 4.69) is 14.9 Å². The van der Waals surface area contributed by atoms with Crippen LogP contribution >= 0.6 is 0 Å². The fourth-order valence-corrected chi connectivity index (χ4v) is 1.18. The maximum Gasteiger partial charge on any atom is 0.218 e. The zero-order valence-corrected chi connectivity index (χ0v) is 11.3. The lowest BCUT2D eigenvalue weighted by molar-refractivity contribution is 0.252. The molecule has 1 aromatic heterocycles. The molecule has 0 saturated heterocycles. The molecule has 0 bridgehead atoms. The van der Waals surface area contributed by atoms with Gasteiger partial charge in [-0.3, -0.25) is 0 Å². The molecule has 0 aliphatic carbocycles. The van der Waals surface area contributed by atoms with E-state index < -0.39 is 0 Å². The number of ether oxygens (including phenoxy) is 1. The first kappa shape index (κ1) is 13.7. The van der Waals surface area contributed by atoms with Crippen molar-refractivity contribution in [2.45, 2.75) is 26.2 Å². The Morgan fingerprint density at radius 3 is 2.47 bits per heavy atom. The van der Waals surface area contributed by atoms with Gasteiger partial charge in [0.1, 0.15) is 18.2 Å². The van der Waals surface area contributed by atoms with Crippen LogP contribution in [0.3, 0.4) is 0 Å². The summed E-state index contributed by atoms with van der Waals surface area (Å²) < 4.78 is 5.56. The van der Waals surface area contributed by atoms with Crippen LogP contribution in [0.5, 0.6) is 5.88 Å². The molecule has 0 amide bonds. The Hall–Kier alpha value is -1.36. The van der Waals surface area contributed by atoms with Crippen LogP contribution in [0.4, 0.5) is 5.82 Å². The molecule has 0 spiro atoms. The largest absolute Gasteiger partial charge is 0.476 e. The van der Waals surface area contributed by atoms with Gasteiger partial charge in [-0.1, -0.05) is 20.8 Å². The Kier molecular flexibility index (Phi) is 4.28. The van der Waals surface area contributed by atoms with Crippen LogP contribution < -0.4 is 10.5 Å². The number of aromatic nitrogens is 2. The minimum absolute atomic E-state index is 0.130. The molecular weight excluding hydrogens is 216 g/mol. The summed E-state index contributed by atoms with van der Waals surface area (Å²) in [6.07, 6.45) is 0. The van der Waals surface area contributed by atoms with Gasteiger partial charge in [-0.15, -0.1) is 0 Å². The number of rotatable bonds is 4. The molecule has 0 aliphatic heterocycles. The molecule has 5 heteroatoms. The molecule has 0 fully saturated rings. The van der Waals surface area contributed by atoms with E-state index in [1.165, 1.54) is 0 Å². The highest BCUT2D eigenvalue weighted by atomic mass is 16.5. The highest BCUT2D eigenvalue weighted by Gasteiger charge is 2.19. The lowest BCUT2D eigenvalue weighted by atomic mass is 9.96. The minimum atomic E-state index is -0.130. The van der Waals surface area contributed by atoms with Crippen LogP contribution in [0.25, 0.3) is 0 Å². The first-order chi connectivity index (χ1) is 7.79. The van der Waals surface area contributed by atoms with Gasteiger partial charge in [0.2, 0.25) is 5.88 Å². The summed E-state index contributed by atoms with van der Waals surface area (Å²) in [4.78, 5) is 10.6. The van der Waals surface area contributed by atoms with Gasteiger partial charge in [0.15, 0.2) is 0 Å². The Labute approximate surface area is 103 Å². The number of hydrogen-bond donors (Lipinski definition) is 1. The summed E-state index contributed by atoms with van der Waals surface area (Å²) >= 11 is 0. The van der Waals surface area contributed by atoms with Gasteiger partial charge in [0.25, 0.3) is 0 Å². The van der Waals surface area contributed by atoms with Crippen LogP contribution in [0.15, 0.2) is 6.07 Å². The maximum absolute atomic E-state index is 5.75. The number of hydrogen-bond acceptors (Lipinski definition) is 5. The zero-order chi connectivity index (χ0) is 13.1. The Balaban J connectivity index is 2.76. The molecule has 5 nitrogen and oxygen atoms in total. The summed E-state index contributed by atoms with van der Waals surface area (Å²) in [7, 11) is 4.00. The predicted molar refractivity (Wildman–Crippen MR) is 69.2 cm³/mol. The van der Waals surface area contributed by atoms with E-state index in [9.17, 15) is 0 Å². The quantitative estimate of drug-likeness (QED) is 0.856. The van der Waals surface area contributed by atoms with Crippen LogP contribution in [0.2, 0.25) is 0 Å². The van der Waals surface area contributed by atoms with Gasteiger partial charge < -0.3 is 15.4 Å². The highest BCUT2D eigenvalue weighted by molar-refractivity contribution is 5.34. The van der Waals surface area contributed by atoms with E-state index in [0.717, 1.165) is 6.54 Å². The summed E-state index contributed by atoms with van der Waals surface area (Å²) in [6.45, 7) is 7.57. The molecule has 1 aromatic rings. The molecule has 0 atom stereocenters. The third kappa shape index (κ3) is 4.56. The van der Waals surface area contributed by atoms with Crippen molar-refractivity contribution in [3.8, 4) is 5.88 Å². The third-order valence-electron chi connectivity index (χ3n) is 2.18. The number of nitrogens with two attached hydrogens (primary N) is 1. The fourth-order valence-electron chi connectivity index (χ4n) is 1.18. The van der Waals surface area contributed by atoms with Crippen molar-refractivity contribution in [1.82, 2.24) is 14.9 Å². The molecule has 0 aliphatic rings. The molecule has 1 rings (SSSR count). The Morgan fingerprint density at radius 2 is 1.94 bits per heavy atom. The average molecular weight is 238 g/mol. The monoisotopic (exact) mass is 238 g/mol. The van der Waals surface area contributed by atoms with Crippen molar-refractivity contribution in [2.75, 3.05) is 33.0 Å². The predicted octanol–water partition coefficient (Wildman–Crippen LogP) is 1.30. The smallest absolute Gasteiger partial charge is 0.218 e. The van der Waals surface area contributed by atoms with Crippen LogP contribution in [-0.2, 0) is 5.41 Å². The number of nitrogen functional groups attached to an aromatic ring is 1. The van der Waals surface area contributed by atoms with Crippen molar-refractivity contribution in [1.29, 1.82) is 0 Å². The van der Waals surface area contributed by atoms with E-state index in [1.54, 1.807) is 6.07 Å². The maximum atomic E-state index is 5.75. The van der Waals surface area contributed by atoms with Gasteiger partial charge in [-0.2, -0.15) is 4.98 Å². The summed E-state index contributed by atoms with van der Waals surface area (Å²) in [6, 6.07) is 1.66. The first-order valence-electron chi connectivity index (χ1n) is 5.71. The van der Waals surface area contributed by atoms with Gasteiger partial charge in [-0.25, -0.2) is 4.98 Å². The Bertz CT molecular complexity index is 371. The fraction of sp³-hybridized carbons (Fsp3) is 0.667. The second kappa shape index (κ2) is 5.31. The first-order valence-corrected chi connectivity index (χ1v) is 5.71. The molecule has 0 unspecified atom stereocenters. The van der Waals surface area contributed by atoms with Crippen LogP contribution in [-0.4, -0.2) is 42.1 Å². The van der Waals surface area contributed by atoms with Crippen molar-refractivity contribution in [3.05, 3.63) is 11.9 Å². The molecular formula is C12H22N4O. The topological polar surface area (TPSA) is 64.3 Å². The molecule has 0 saturated carbocycles. The summed E-state index contributed by atoms with van der Waals surface area (Å²) in [5, 5.41) is 0. The lowest BCUT2D eigenvalue weighted by Crippen LogP contribution is -2.21. The van der Waals surface area contributed by atoms with Gasteiger partial charge in [0.05, 0.1) is 0 Å². The van der Waals surface area contributed by atoms with E-state index in [0.29, 0.717) is 24.1 Å².